The van der Waals surface area contributed by atoms with Crippen molar-refractivity contribution in [1.29, 1.82) is 0 Å². The van der Waals surface area contributed by atoms with E-state index in [1.54, 1.807) is 11.1 Å². The predicted octanol–water partition coefficient (Wildman–Crippen LogP) is 2.48. The Labute approximate surface area is 69.9 Å². The zero-order valence-electron chi connectivity index (χ0n) is 8.12. The minimum absolute atomic E-state index is 0.264. The topological polar surface area (TPSA) is 12.0 Å². The zero-order valence-corrected chi connectivity index (χ0v) is 8.12. The molecular formula is C10H19N. The van der Waals surface area contributed by atoms with E-state index in [1.165, 1.54) is 12.8 Å². The van der Waals surface area contributed by atoms with Gasteiger partial charge in [0.15, 0.2) is 0 Å². The van der Waals surface area contributed by atoms with Crippen molar-refractivity contribution in [3.05, 3.63) is 11.1 Å². The van der Waals surface area contributed by atoms with Crippen molar-refractivity contribution >= 4 is 0 Å². The molecule has 0 fully saturated rings. The maximum Gasteiger partial charge on any atom is 0.0342 e. The van der Waals surface area contributed by atoms with Crippen molar-refractivity contribution in [3.63, 3.8) is 0 Å². The Bertz CT molecular complexity index is 177. The van der Waals surface area contributed by atoms with Gasteiger partial charge in [-0.3, -0.25) is 0 Å². The van der Waals surface area contributed by atoms with E-state index in [-0.39, 0.29) is 5.54 Å². The molecule has 1 N–H and O–H groups in total. The lowest BCUT2D eigenvalue weighted by molar-refractivity contribution is 0.498. The molecule has 1 aliphatic rings. The fourth-order valence-corrected chi connectivity index (χ4v) is 2.01. The van der Waals surface area contributed by atoms with Crippen LogP contribution in [0.2, 0.25) is 0 Å². The summed E-state index contributed by atoms with van der Waals surface area (Å²) in [5.74, 6) is 0. The van der Waals surface area contributed by atoms with Crippen molar-refractivity contribution in [2.24, 2.45) is 0 Å². The summed E-state index contributed by atoms with van der Waals surface area (Å²) in [7, 11) is 0. The molecule has 11 heavy (non-hydrogen) atoms. The average molecular weight is 153 g/mol. The molecule has 1 nitrogen and oxygen atoms in total. The van der Waals surface area contributed by atoms with Gasteiger partial charge < -0.3 is 5.32 Å². The molecule has 0 aromatic heterocycles. The van der Waals surface area contributed by atoms with Crippen LogP contribution in [0.5, 0.6) is 0 Å². The molecule has 0 unspecified atom stereocenters. The van der Waals surface area contributed by atoms with Gasteiger partial charge in [0, 0.05) is 12.1 Å². The summed E-state index contributed by atoms with van der Waals surface area (Å²) in [6.07, 6.45) is 2.41. The van der Waals surface area contributed by atoms with E-state index in [2.05, 4.69) is 33.0 Å². The number of rotatable bonds is 2. The van der Waals surface area contributed by atoms with Crippen LogP contribution in [0.1, 0.15) is 40.5 Å². The first-order valence-electron chi connectivity index (χ1n) is 4.58. The third-order valence-electron chi connectivity index (χ3n) is 2.71. The first-order valence-corrected chi connectivity index (χ1v) is 4.58. The molecular weight excluding hydrogens is 134 g/mol. The molecule has 0 aliphatic carbocycles. The lowest BCUT2D eigenvalue weighted by Gasteiger charge is -2.22. The monoisotopic (exact) mass is 153 g/mol. The summed E-state index contributed by atoms with van der Waals surface area (Å²) in [4.78, 5) is 0. The summed E-state index contributed by atoms with van der Waals surface area (Å²) in [6, 6.07) is 0. The predicted molar refractivity (Wildman–Crippen MR) is 49.7 cm³/mol. The SMILES string of the molecule is CCC1=C(CC)C(C)(C)NC1. The van der Waals surface area contributed by atoms with E-state index in [9.17, 15) is 0 Å². The van der Waals surface area contributed by atoms with Crippen LogP contribution in [0.25, 0.3) is 0 Å². The first kappa shape index (κ1) is 8.79. The van der Waals surface area contributed by atoms with Crippen LogP contribution < -0.4 is 5.32 Å². The molecule has 1 aliphatic heterocycles. The second-order valence-corrected chi connectivity index (χ2v) is 3.77. The fraction of sp³-hybridized carbons (Fsp3) is 0.800. The Morgan fingerprint density at radius 1 is 1.27 bits per heavy atom. The maximum atomic E-state index is 3.52. The standard InChI is InChI=1S/C10H19N/c1-5-8-7-11-10(3,4)9(8)6-2/h11H,5-7H2,1-4H3. The molecule has 0 saturated heterocycles. The highest BCUT2D eigenvalue weighted by molar-refractivity contribution is 5.31. The maximum absolute atomic E-state index is 3.52. The van der Waals surface area contributed by atoms with Crippen LogP contribution >= 0.6 is 0 Å². The van der Waals surface area contributed by atoms with Crippen LogP contribution in [-0.2, 0) is 0 Å². The molecule has 0 aromatic rings. The number of hydrogen-bond acceptors (Lipinski definition) is 1. The largest absolute Gasteiger partial charge is 0.304 e. The highest BCUT2D eigenvalue weighted by Gasteiger charge is 2.28. The smallest absolute Gasteiger partial charge is 0.0342 e. The van der Waals surface area contributed by atoms with Gasteiger partial charge in [-0.05, 0) is 26.7 Å². The van der Waals surface area contributed by atoms with Gasteiger partial charge in [0.25, 0.3) is 0 Å². The lowest BCUT2D eigenvalue weighted by Crippen LogP contribution is -2.35. The van der Waals surface area contributed by atoms with Gasteiger partial charge in [0.2, 0.25) is 0 Å². The van der Waals surface area contributed by atoms with E-state index in [1.807, 2.05) is 0 Å². The molecule has 0 spiro atoms. The van der Waals surface area contributed by atoms with Crippen molar-refractivity contribution in [2.45, 2.75) is 46.1 Å². The zero-order chi connectivity index (χ0) is 8.48. The molecule has 0 amide bonds. The van der Waals surface area contributed by atoms with Gasteiger partial charge in [0.1, 0.15) is 0 Å². The number of hydrogen-bond donors (Lipinski definition) is 1. The highest BCUT2D eigenvalue weighted by atomic mass is 15.0. The second kappa shape index (κ2) is 2.98. The van der Waals surface area contributed by atoms with Gasteiger partial charge in [-0.15, -0.1) is 0 Å². The van der Waals surface area contributed by atoms with Crippen molar-refractivity contribution in [1.82, 2.24) is 5.32 Å². The van der Waals surface area contributed by atoms with Crippen LogP contribution in [0, 0.1) is 0 Å². The molecule has 1 heteroatoms. The van der Waals surface area contributed by atoms with Crippen LogP contribution in [0.15, 0.2) is 11.1 Å². The second-order valence-electron chi connectivity index (χ2n) is 3.77. The molecule has 0 atom stereocenters. The van der Waals surface area contributed by atoms with E-state index in [0.29, 0.717) is 0 Å². The molecule has 0 saturated carbocycles. The van der Waals surface area contributed by atoms with Gasteiger partial charge >= 0.3 is 0 Å². The van der Waals surface area contributed by atoms with Crippen LogP contribution in [-0.4, -0.2) is 12.1 Å². The third kappa shape index (κ3) is 1.48. The molecule has 0 aromatic carbocycles. The Hall–Kier alpha value is -0.300. The van der Waals surface area contributed by atoms with Crippen LogP contribution in [0.4, 0.5) is 0 Å². The van der Waals surface area contributed by atoms with Gasteiger partial charge in [-0.2, -0.15) is 0 Å². The molecule has 64 valence electrons. The molecule has 1 heterocycles. The van der Waals surface area contributed by atoms with Gasteiger partial charge in [-0.25, -0.2) is 0 Å². The van der Waals surface area contributed by atoms with Crippen molar-refractivity contribution in [2.75, 3.05) is 6.54 Å². The van der Waals surface area contributed by atoms with Crippen molar-refractivity contribution in [3.8, 4) is 0 Å². The first-order chi connectivity index (χ1) is 5.11. The van der Waals surface area contributed by atoms with E-state index < -0.39 is 0 Å². The van der Waals surface area contributed by atoms with E-state index in [4.69, 9.17) is 0 Å². The highest BCUT2D eigenvalue weighted by Crippen LogP contribution is 2.29. The minimum atomic E-state index is 0.264. The normalized spacial score (nSPS) is 22.9. The van der Waals surface area contributed by atoms with Crippen LogP contribution in [0.3, 0.4) is 0 Å². The van der Waals surface area contributed by atoms with Crippen molar-refractivity contribution < 1.29 is 0 Å². The fourth-order valence-electron chi connectivity index (χ4n) is 2.01. The Kier molecular flexibility index (Phi) is 2.38. The summed E-state index contributed by atoms with van der Waals surface area (Å²) < 4.78 is 0. The van der Waals surface area contributed by atoms with E-state index in [0.717, 1.165) is 6.54 Å². The molecule has 0 bridgehead atoms. The van der Waals surface area contributed by atoms with Gasteiger partial charge in [-0.1, -0.05) is 25.0 Å². The summed E-state index contributed by atoms with van der Waals surface area (Å²) in [5, 5.41) is 3.52. The van der Waals surface area contributed by atoms with E-state index >= 15 is 0 Å². The molecule has 0 radical (unpaired) electrons. The quantitative estimate of drug-likeness (QED) is 0.601. The Morgan fingerprint density at radius 2 is 1.91 bits per heavy atom. The number of nitrogens with one attached hydrogen (secondary N) is 1. The third-order valence-corrected chi connectivity index (χ3v) is 2.71. The van der Waals surface area contributed by atoms with Gasteiger partial charge in [0.05, 0.1) is 0 Å². The Balaban J connectivity index is 2.88. The lowest BCUT2D eigenvalue weighted by atomic mass is 9.91. The summed E-state index contributed by atoms with van der Waals surface area (Å²) in [5.41, 5.74) is 3.51. The summed E-state index contributed by atoms with van der Waals surface area (Å²) >= 11 is 0. The average Bonchev–Trinajstić information content (AvgIpc) is 2.24. The molecule has 1 rings (SSSR count). The Morgan fingerprint density at radius 3 is 2.27 bits per heavy atom. The summed E-state index contributed by atoms with van der Waals surface area (Å²) in [6.45, 7) is 10.1. The minimum Gasteiger partial charge on any atom is -0.304 e.